The molecular formula is C70H72N4O6Pd2. The molecule has 0 saturated carbocycles. The van der Waals surface area contributed by atoms with Crippen LogP contribution in [0, 0.1) is 48.7 Å². The van der Waals surface area contributed by atoms with Crippen LogP contribution in [-0.2, 0) is 72.1 Å². The fourth-order valence-electron chi connectivity index (χ4n) is 7.28. The van der Waals surface area contributed by atoms with Crippen LogP contribution in [0.2, 0.25) is 0 Å². The van der Waals surface area contributed by atoms with Crippen molar-refractivity contribution in [1.82, 2.24) is 19.9 Å². The fraction of sp³-hybridized carbons (Fsp3) is 0.257. The van der Waals surface area contributed by atoms with E-state index in [4.69, 9.17) is 42.1 Å². The number of nitrogens with zero attached hydrogens (tertiary/aromatic N) is 4. The van der Waals surface area contributed by atoms with Gasteiger partial charge < -0.3 is 29.7 Å². The molecule has 0 bridgehead atoms. The molecule has 0 aliphatic heterocycles. The van der Waals surface area contributed by atoms with Gasteiger partial charge in [0.15, 0.2) is 0 Å². The molecule has 0 spiro atoms. The summed E-state index contributed by atoms with van der Waals surface area (Å²) in [5, 5.41) is 14.8. The van der Waals surface area contributed by atoms with Crippen LogP contribution in [0.5, 0.6) is 23.0 Å². The summed E-state index contributed by atoms with van der Waals surface area (Å²) in [4.78, 5) is 36.3. The number of terminal acetylenes is 2. The van der Waals surface area contributed by atoms with Crippen LogP contribution in [0.3, 0.4) is 0 Å². The SMILES string of the molecule is C#CC#CC#C.CC(=O)O.CC(=O)O.CC(C)(C)c1ccnc(-c2[c-]c(Oc3[c-]c(-c4cc(C(C)(C)C)ccn4)ccc3)ccc2)c1.CC(C)(C)c1ccnc(-c2cccc(Oc3cccc(-c4cc(C(C)(C)C)ccn4)c3)c2)c1.[Pd+2].[Pd]. The first-order valence-electron chi connectivity index (χ1n) is 25.9. The Bertz CT molecular complexity index is 3090. The smallest absolute Gasteiger partial charge is 0.497 e. The third-order valence-corrected chi connectivity index (χ3v) is 11.5. The van der Waals surface area contributed by atoms with E-state index in [1.54, 1.807) is 0 Å². The van der Waals surface area contributed by atoms with Crippen LogP contribution in [0.25, 0.3) is 45.0 Å². The van der Waals surface area contributed by atoms with Crippen LogP contribution in [0.15, 0.2) is 158 Å². The van der Waals surface area contributed by atoms with Gasteiger partial charge >= 0.3 is 20.4 Å². The van der Waals surface area contributed by atoms with Gasteiger partial charge in [0.05, 0.1) is 11.4 Å². The molecule has 0 fully saturated rings. The summed E-state index contributed by atoms with van der Waals surface area (Å²) < 4.78 is 12.4. The number of rotatable bonds is 8. The first-order valence-corrected chi connectivity index (χ1v) is 25.9. The van der Waals surface area contributed by atoms with Crippen LogP contribution < -0.4 is 9.47 Å². The van der Waals surface area contributed by atoms with Crippen LogP contribution in [0.4, 0.5) is 0 Å². The zero-order valence-corrected chi connectivity index (χ0v) is 52.2. The second-order valence-corrected chi connectivity index (χ2v) is 22.4. The number of ether oxygens (including phenoxy) is 2. The summed E-state index contributed by atoms with van der Waals surface area (Å²) in [6.45, 7) is 28.6. The van der Waals surface area contributed by atoms with Crippen molar-refractivity contribution in [3.8, 4) is 105 Å². The molecule has 0 aliphatic carbocycles. The third-order valence-electron chi connectivity index (χ3n) is 11.5. The largest absolute Gasteiger partial charge is 2.00 e. The Morgan fingerprint density at radius 1 is 0.439 bits per heavy atom. The van der Waals surface area contributed by atoms with Crippen molar-refractivity contribution in [3.05, 3.63) is 193 Å². The van der Waals surface area contributed by atoms with E-state index in [2.05, 4.69) is 199 Å². The second kappa shape index (κ2) is 32.5. The first kappa shape index (κ1) is 70.1. The normalized spacial score (nSPS) is 10.4. The van der Waals surface area contributed by atoms with Crippen molar-refractivity contribution in [3.63, 3.8) is 0 Å². The summed E-state index contributed by atoms with van der Waals surface area (Å²) in [5.41, 5.74) is 12.8. The number of hydrogen-bond acceptors (Lipinski definition) is 8. The maximum Gasteiger partial charge on any atom is 2.00 e. The molecule has 0 radical (unpaired) electrons. The molecule has 82 heavy (non-hydrogen) atoms. The maximum absolute atomic E-state index is 9.00. The molecule has 12 heteroatoms. The van der Waals surface area contributed by atoms with Crippen molar-refractivity contribution in [2.24, 2.45) is 0 Å². The Balaban J connectivity index is 0.000000446. The Hall–Kier alpha value is -7.98. The minimum Gasteiger partial charge on any atom is -0.497 e. The number of carboxylic acid groups (broad SMARTS) is 2. The van der Waals surface area contributed by atoms with Gasteiger partial charge in [-0.25, -0.2) is 0 Å². The zero-order valence-electron chi connectivity index (χ0n) is 49.1. The molecule has 8 aromatic rings. The topological polar surface area (TPSA) is 145 Å². The number of aliphatic carboxylic acids is 2. The Morgan fingerprint density at radius 2 is 0.720 bits per heavy atom. The van der Waals surface area contributed by atoms with Crippen molar-refractivity contribution in [2.75, 3.05) is 0 Å². The summed E-state index contributed by atoms with van der Waals surface area (Å²) in [6.07, 6.45) is 16.9. The average molecular weight is 1280 g/mol. The van der Waals surface area contributed by atoms with E-state index in [1.165, 1.54) is 22.3 Å². The van der Waals surface area contributed by atoms with Gasteiger partial charge in [-0.1, -0.05) is 132 Å². The third kappa shape index (κ3) is 24.0. The molecule has 0 amide bonds. The zero-order chi connectivity index (χ0) is 59.3. The molecule has 4 aromatic carbocycles. The number of carbonyl (C=O) groups is 2. The minimum atomic E-state index is -0.833. The quantitative estimate of drug-likeness (QED) is 0.0857. The van der Waals surface area contributed by atoms with Crippen molar-refractivity contribution in [2.45, 2.75) is 119 Å². The summed E-state index contributed by atoms with van der Waals surface area (Å²) in [7, 11) is 0. The number of pyridine rings is 4. The van der Waals surface area contributed by atoms with Gasteiger partial charge in [-0.3, -0.25) is 19.6 Å². The van der Waals surface area contributed by atoms with E-state index in [0.717, 1.165) is 70.4 Å². The minimum absolute atomic E-state index is 0. The number of carboxylic acids is 2. The molecule has 0 aliphatic rings. The Morgan fingerprint density at radius 3 is 1.01 bits per heavy atom. The van der Waals surface area contributed by atoms with E-state index in [-0.39, 0.29) is 62.5 Å². The van der Waals surface area contributed by atoms with E-state index < -0.39 is 11.9 Å². The van der Waals surface area contributed by atoms with Gasteiger partial charge in [0.25, 0.3) is 11.9 Å². The van der Waals surface area contributed by atoms with E-state index in [1.807, 2.05) is 97.6 Å². The van der Waals surface area contributed by atoms with E-state index in [9.17, 15) is 0 Å². The summed E-state index contributed by atoms with van der Waals surface area (Å²) in [5.74, 6) is 9.76. The Labute approximate surface area is 514 Å². The average Bonchev–Trinajstić information content (AvgIpc) is 3.40. The maximum atomic E-state index is 9.00. The molecule has 10 nitrogen and oxygen atoms in total. The second-order valence-electron chi connectivity index (χ2n) is 22.4. The van der Waals surface area contributed by atoms with E-state index in [0.29, 0.717) is 11.5 Å². The van der Waals surface area contributed by atoms with Crippen molar-refractivity contribution < 1.29 is 70.1 Å². The first-order chi connectivity index (χ1) is 37.6. The fourth-order valence-corrected chi connectivity index (χ4v) is 7.28. The Kier molecular flexibility index (Phi) is 27.8. The molecule has 0 saturated heterocycles. The van der Waals surface area contributed by atoms with E-state index >= 15 is 0 Å². The van der Waals surface area contributed by atoms with Crippen LogP contribution in [0.1, 0.15) is 119 Å². The molecule has 428 valence electrons. The molecular weight excluding hydrogens is 1210 g/mol. The van der Waals surface area contributed by atoms with Crippen molar-refractivity contribution in [1.29, 1.82) is 0 Å². The van der Waals surface area contributed by atoms with Gasteiger partial charge in [0.1, 0.15) is 11.5 Å². The molecule has 2 N–H and O–H groups in total. The summed E-state index contributed by atoms with van der Waals surface area (Å²) in [6, 6.07) is 51.5. The van der Waals surface area contributed by atoms with Gasteiger partial charge in [0, 0.05) is 81.7 Å². The molecule has 4 heterocycles. The molecule has 0 atom stereocenters. The monoisotopic (exact) mass is 1280 g/mol. The molecule has 8 rings (SSSR count). The van der Waals surface area contributed by atoms with Gasteiger partial charge in [0.2, 0.25) is 0 Å². The number of hydrogen-bond donors (Lipinski definition) is 2. The molecule has 4 aromatic heterocycles. The van der Waals surface area contributed by atoms with Gasteiger partial charge in [-0.05, 0) is 140 Å². The predicted octanol–water partition coefficient (Wildman–Crippen LogP) is 16.4. The number of benzene rings is 4. The van der Waals surface area contributed by atoms with Gasteiger partial charge in [-0.2, -0.15) is 0 Å². The number of aromatic nitrogens is 4. The van der Waals surface area contributed by atoms with Gasteiger partial charge in [-0.15, -0.1) is 60.4 Å². The summed E-state index contributed by atoms with van der Waals surface area (Å²) >= 11 is 0. The van der Waals surface area contributed by atoms with Crippen molar-refractivity contribution >= 4 is 11.9 Å². The molecule has 0 unspecified atom stereocenters. The van der Waals surface area contributed by atoms with Crippen LogP contribution in [-0.4, -0.2) is 42.1 Å². The van der Waals surface area contributed by atoms with Crippen LogP contribution >= 0.6 is 0 Å². The standard InChI is InChI=1S/C30H32N2O.C30H30N2O.C6H2.2C2H4O2.2Pd/c2*1-29(2,3)23-13-15-31-27(19-23)21-9-7-11-25(17-21)33-26-12-8-10-22(18-26)28-20-24(14-16-32-28)30(4,5)6;1-3-5-6-4-2;2*1-2(3)4;;/h7-20H,1-6H3;7-16,19-20H,1-6H3;1-2H;2*1H3,(H,3,4);;/q;-2;;;;;+2. The predicted molar refractivity (Wildman–Crippen MR) is 323 cm³/mol.